The van der Waals surface area contributed by atoms with Gasteiger partial charge < -0.3 is 4.42 Å². The minimum absolute atomic E-state index is 0.0968. The van der Waals surface area contributed by atoms with Crippen LogP contribution in [0.15, 0.2) is 199 Å². The standard InChI is InChI=1S/C57H38O/c1-57(2)50-29-14-26-41(55(50)49-33-35-15-3-4-16-36(35)34-51(49)57)37-17-11-19-39(31-37)53-44-22-5-7-24-46(44)54(47-25-8-6-23-45(47)53)40-20-12-18-38(32-40)42-27-13-28-48-43-21-9-10-30-52(43)58-56(42)48/h3-34H,1-2H3. The van der Waals surface area contributed by atoms with Crippen LogP contribution in [0.2, 0.25) is 0 Å². The maximum atomic E-state index is 6.50. The van der Waals surface area contributed by atoms with Crippen LogP contribution in [0.1, 0.15) is 25.0 Å². The number of hydrogen-bond donors (Lipinski definition) is 0. The lowest BCUT2D eigenvalue weighted by Crippen LogP contribution is -2.14. The third-order valence-electron chi connectivity index (χ3n) is 12.8. The molecule has 12 rings (SSSR count). The van der Waals surface area contributed by atoms with E-state index in [9.17, 15) is 0 Å². The Morgan fingerprint density at radius 1 is 0.328 bits per heavy atom. The van der Waals surface area contributed by atoms with E-state index in [0.717, 1.165) is 33.1 Å². The molecule has 11 aromatic rings. The van der Waals surface area contributed by atoms with E-state index < -0.39 is 0 Å². The van der Waals surface area contributed by atoms with Gasteiger partial charge in [0.1, 0.15) is 11.2 Å². The molecule has 0 spiro atoms. The van der Waals surface area contributed by atoms with Crippen LogP contribution in [-0.2, 0) is 5.41 Å². The third-order valence-corrected chi connectivity index (χ3v) is 12.8. The summed E-state index contributed by atoms with van der Waals surface area (Å²) in [4.78, 5) is 0. The first-order valence-electron chi connectivity index (χ1n) is 20.3. The highest BCUT2D eigenvalue weighted by atomic mass is 16.3. The summed E-state index contributed by atoms with van der Waals surface area (Å²) in [7, 11) is 0. The van der Waals surface area contributed by atoms with Crippen molar-refractivity contribution in [3.05, 3.63) is 205 Å². The molecule has 1 aliphatic rings. The summed E-state index contributed by atoms with van der Waals surface area (Å²) in [6.07, 6.45) is 0. The molecule has 0 unspecified atom stereocenters. The van der Waals surface area contributed by atoms with Crippen LogP contribution in [0, 0.1) is 0 Å². The van der Waals surface area contributed by atoms with Crippen molar-refractivity contribution in [1.29, 1.82) is 0 Å². The van der Waals surface area contributed by atoms with Crippen molar-refractivity contribution in [2.24, 2.45) is 0 Å². The van der Waals surface area contributed by atoms with Crippen molar-refractivity contribution < 1.29 is 4.42 Å². The molecule has 0 aliphatic heterocycles. The Balaban J connectivity index is 1.05. The largest absolute Gasteiger partial charge is 0.455 e. The molecule has 272 valence electrons. The minimum atomic E-state index is -0.0968. The lowest BCUT2D eigenvalue weighted by molar-refractivity contribution is 0.661. The van der Waals surface area contributed by atoms with Gasteiger partial charge in [0.2, 0.25) is 0 Å². The maximum Gasteiger partial charge on any atom is 0.143 e. The number of furan rings is 1. The normalized spacial score (nSPS) is 13.1. The molecule has 0 bridgehead atoms. The summed E-state index contributed by atoms with van der Waals surface area (Å²) in [5, 5.41) is 9.83. The van der Waals surface area contributed by atoms with E-state index in [4.69, 9.17) is 4.42 Å². The lowest BCUT2D eigenvalue weighted by Gasteiger charge is -2.22. The molecule has 0 saturated carbocycles. The van der Waals surface area contributed by atoms with Crippen LogP contribution < -0.4 is 0 Å². The molecule has 1 heteroatoms. The lowest BCUT2D eigenvalue weighted by atomic mass is 9.81. The number of rotatable bonds is 4. The summed E-state index contributed by atoms with van der Waals surface area (Å²) in [5.74, 6) is 0. The zero-order valence-electron chi connectivity index (χ0n) is 32.4. The maximum absolute atomic E-state index is 6.50. The van der Waals surface area contributed by atoms with Crippen LogP contribution in [0.25, 0.3) is 110 Å². The average molecular weight is 739 g/mol. The molecular weight excluding hydrogens is 701 g/mol. The molecule has 0 N–H and O–H groups in total. The van der Waals surface area contributed by atoms with Crippen molar-refractivity contribution >= 4 is 54.3 Å². The molecule has 0 saturated heterocycles. The fourth-order valence-corrected chi connectivity index (χ4v) is 10.1. The highest BCUT2D eigenvalue weighted by Gasteiger charge is 2.37. The summed E-state index contributed by atoms with van der Waals surface area (Å²) in [6.45, 7) is 4.75. The summed E-state index contributed by atoms with van der Waals surface area (Å²) < 4.78 is 6.50. The molecular formula is C57H38O. The van der Waals surface area contributed by atoms with Crippen LogP contribution in [0.4, 0.5) is 0 Å². The molecule has 1 nitrogen and oxygen atoms in total. The van der Waals surface area contributed by atoms with Gasteiger partial charge in [-0.25, -0.2) is 0 Å². The molecule has 1 aliphatic carbocycles. The smallest absolute Gasteiger partial charge is 0.143 e. The van der Waals surface area contributed by atoms with Gasteiger partial charge in [0.05, 0.1) is 0 Å². The second-order valence-corrected chi connectivity index (χ2v) is 16.4. The number of para-hydroxylation sites is 2. The molecule has 1 aromatic heterocycles. The van der Waals surface area contributed by atoms with Crippen molar-refractivity contribution in [1.82, 2.24) is 0 Å². The monoisotopic (exact) mass is 738 g/mol. The first-order chi connectivity index (χ1) is 28.5. The SMILES string of the molecule is CC1(C)c2cc3ccccc3cc2-c2c(-c3cccc(-c4c5ccccc5c(-c5cccc(-c6cccc7c6oc6ccccc67)c5)c5ccccc45)c3)cccc21. The van der Waals surface area contributed by atoms with E-state index in [1.165, 1.54) is 88.0 Å². The molecule has 0 radical (unpaired) electrons. The van der Waals surface area contributed by atoms with Crippen molar-refractivity contribution in [3.8, 4) is 55.6 Å². The van der Waals surface area contributed by atoms with E-state index in [1.54, 1.807) is 0 Å². The minimum Gasteiger partial charge on any atom is -0.455 e. The fraction of sp³-hybridized carbons (Fsp3) is 0.0526. The van der Waals surface area contributed by atoms with E-state index in [1.807, 2.05) is 6.07 Å². The Kier molecular flexibility index (Phi) is 7.04. The Bertz CT molecular complexity index is 3430. The van der Waals surface area contributed by atoms with Gasteiger partial charge in [0.25, 0.3) is 0 Å². The Labute approximate surface area is 337 Å². The van der Waals surface area contributed by atoms with Gasteiger partial charge in [-0.15, -0.1) is 0 Å². The molecule has 0 atom stereocenters. The van der Waals surface area contributed by atoms with Crippen molar-refractivity contribution in [2.75, 3.05) is 0 Å². The van der Waals surface area contributed by atoms with Crippen LogP contribution >= 0.6 is 0 Å². The van der Waals surface area contributed by atoms with Crippen molar-refractivity contribution in [2.45, 2.75) is 19.3 Å². The van der Waals surface area contributed by atoms with Gasteiger partial charge in [-0.2, -0.15) is 0 Å². The van der Waals surface area contributed by atoms with Gasteiger partial charge in [0, 0.05) is 21.8 Å². The quantitative estimate of drug-likeness (QED) is 0.164. The first kappa shape index (κ1) is 33.0. The van der Waals surface area contributed by atoms with E-state index in [2.05, 4.69) is 202 Å². The summed E-state index contributed by atoms with van der Waals surface area (Å²) in [5.41, 5.74) is 16.9. The van der Waals surface area contributed by atoms with Gasteiger partial charge in [-0.1, -0.05) is 178 Å². The number of hydrogen-bond acceptors (Lipinski definition) is 1. The number of benzene rings is 10. The molecule has 1 heterocycles. The van der Waals surface area contributed by atoms with E-state index in [0.29, 0.717) is 0 Å². The summed E-state index contributed by atoms with van der Waals surface area (Å²) in [6, 6.07) is 71.4. The fourth-order valence-electron chi connectivity index (χ4n) is 10.1. The average Bonchev–Trinajstić information content (AvgIpc) is 3.76. The van der Waals surface area contributed by atoms with Gasteiger partial charge >= 0.3 is 0 Å². The molecule has 0 amide bonds. The third kappa shape index (κ3) is 4.77. The van der Waals surface area contributed by atoms with E-state index in [-0.39, 0.29) is 5.41 Å². The Hall–Kier alpha value is -7.22. The second-order valence-electron chi connectivity index (χ2n) is 16.4. The highest BCUT2D eigenvalue weighted by Crippen LogP contribution is 2.54. The molecule has 0 fully saturated rings. The number of fused-ring (bicyclic) bond motifs is 9. The van der Waals surface area contributed by atoms with Crippen LogP contribution in [0.3, 0.4) is 0 Å². The zero-order valence-corrected chi connectivity index (χ0v) is 32.4. The van der Waals surface area contributed by atoms with E-state index >= 15 is 0 Å². The predicted molar refractivity (Wildman–Crippen MR) is 246 cm³/mol. The van der Waals surface area contributed by atoms with Gasteiger partial charge in [0.15, 0.2) is 0 Å². The van der Waals surface area contributed by atoms with Crippen LogP contribution in [-0.4, -0.2) is 0 Å². The second kappa shape index (κ2) is 12.4. The topological polar surface area (TPSA) is 13.1 Å². The Morgan fingerprint density at radius 2 is 0.810 bits per heavy atom. The van der Waals surface area contributed by atoms with Gasteiger partial charge in [-0.3, -0.25) is 0 Å². The van der Waals surface area contributed by atoms with Gasteiger partial charge in [-0.05, 0) is 124 Å². The van der Waals surface area contributed by atoms with Crippen LogP contribution in [0.5, 0.6) is 0 Å². The summed E-state index contributed by atoms with van der Waals surface area (Å²) >= 11 is 0. The highest BCUT2D eigenvalue weighted by molar-refractivity contribution is 6.22. The first-order valence-corrected chi connectivity index (χ1v) is 20.3. The zero-order chi connectivity index (χ0) is 38.5. The Morgan fingerprint density at radius 3 is 1.47 bits per heavy atom. The molecule has 10 aromatic carbocycles. The predicted octanol–water partition coefficient (Wildman–Crippen LogP) is 16.0. The van der Waals surface area contributed by atoms with Crippen molar-refractivity contribution in [3.63, 3.8) is 0 Å². The molecule has 58 heavy (non-hydrogen) atoms.